The van der Waals surface area contributed by atoms with Crippen LogP contribution in [0.15, 0.2) is 0 Å². The molecular weight excluding hydrogens is 266 g/mol. The number of nitrogens with one attached hydrogen (secondary N) is 2. The van der Waals surface area contributed by atoms with Gasteiger partial charge in [0, 0.05) is 25.2 Å². The summed E-state index contributed by atoms with van der Waals surface area (Å²) in [6, 6.07) is 1.15. The Morgan fingerprint density at radius 3 is 2.67 bits per heavy atom. The van der Waals surface area contributed by atoms with Gasteiger partial charge in [-0.3, -0.25) is 0 Å². The molecule has 5 nitrogen and oxygen atoms in total. The predicted octanol–water partition coefficient (Wildman–Crippen LogP) is 1.97. The van der Waals surface area contributed by atoms with Gasteiger partial charge in [-0.2, -0.15) is 0 Å². The Bertz CT molecular complexity index is 354. The quantitative estimate of drug-likeness (QED) is 0.833. The van der Waals surface area contributed by atoms with Gasteiger partial charge in [-0.05, 0) is 59.5 Å². The van der Waals surface area contributed by atoms with E-state index < -0.39 is 5.60 Å². The van der Waals surface area contributed by atoms with Crippen molar-refractivity contribution in [1.82, 2.24) is 15.5 Å². The zero-order valence-electron chi connectivity index (χ0n) is 13.9. The molecule has 1 aliphatic heterocycles. The Balaban J connectivity index is 1.73. The highest BCUT2D eigenvalue weighted by molar-refractivity contribution is 5.67. The minimum Gasteiger partial charge on any atom is -0.444 e. The van der Waals surface area contributed by atoms with Crippen LogP contribution in [0.1, 0.15) is 46.5 Å². The van der Waals surface area contributed by atoms with Crippen molar-refractivity contribution >= 4 is 6.09 Å². The number of ether oxygens (including phenoxy) is 1. The van der Waals surface area contributed by atoms with Gasteiger partial charge in [0.05, 0.1) is 0 Å². The van der Waals surface area contributed by atoms with Crippen molar-refractivity contribution in [2.45, 2.75) is 64.1 Å². The van der Waals surface area contributed by atoms with Crippen LogP contribution in [0.2, 0.25) is 0 Å². The van der Waals surface area contributed by atoms with Crippen LogP contribution in [0, 0.1) is 5.92 Å². The van der Waals surface area contributed by atoms with E-state index in [9.17, 15) is 4.79 Å². The summed E-state index contributed by atoms with van der Waals surface area (Å²) in [6.07, 6.45) is 4.60. The fraction of sp³-hybridized carbons (Fsp3) is 0.938. The molecule has 0 aromatic carbocycles. The number of carbonyl (C=O) groups excluding carboxylic acids is 1. The summed E-state index contributed by atoms with van der Waals surface area (Å²) in [7, 11) is 2.18. The molecule has 2 aliphatic rings. The van der Waals surface area contributed by atoms with E-state index in [1.54, 1.807) is 0 Å². The Hall–Kier alpha value is -0.810. The second kappa shape index (κ2) is 6.97. The Kier molecular flexibility index (Phi) is 5.49. The van der Waals surface area contributed by atoms with Gasteiger partial charge in [-0.25, -0.2) is 4.79 Å². The van der Waals surface area contributed by atoms with Gasteiger partial charge >= 0.3 is 6.09 Å². The minimum atomic E-state index is -0.425. The van der Waals surface area contributed by atoms with E-state index in [1.165, 1.54) is 32.2 Å². The number of hydrogen-bond donors (Lipinski definition) is 2. The smallest absolute Gasteiger partial charge is 0.407 e. The number of rotatable bonds is 4. The molecule has 1 heterocycles. The molecule has 3 unspecified atom stereocenters. The highest BCUT2D eigenvalue weighted by Crippen LogP contribution is 2.26. The number of carbonyl (C=O) groups is 1. The first-order chi connectivity index (χ1) is 9.83. The molecule has 0 bridgehead atoms. The van der Waals surface area contributed by atoms with E-state index in [-0.39, 0.29) is 6.09 Å². The molecule has 21 heavy (non-hydrogen) atoms. The van der Waals surface area contributed by atoms with Crippen molar-refractivity contribution in [2.75, 3.05) is 26.7 Å². The lowest BCUT2D eigenvalue weighted by atomic mass is 10.0. The van der Waals surface area contributed by atoms with Crippen molar-refractivity contribution in [3.05, 3.63) is 0 Å². The lowest BCUT2D eigenvalue weighted by Crippen LogP contribution is -2.45. The van der Waals surface area contributed by atoms with Crippen LogP contribution in [0.3, 0.4) is 0 Å². The van der Waals surface area contributed by atoms with E-state index in [0.717, 1.165) is 13.1 Å². The number of amides is 1. The molecule has 122 valence electrons. The Morgan fingerprint density at radius 2 is 2.05 bits per heavy atom. The second-order valence-electron chi connectivity index (χ2n) is 7.59. The molecule has 2 fully saturated rings. The first-order valence-electron chi connectivity index (χ1n) is 8.25. The number of hydrogen-bond acceptors (Lipinski definition) is 4. The molecule has 1 saturated carbocycles. The number of likely N-dealkylation sites (N-methyl/N-ethyl adjacent to an activating group) is 1. The maximum atomic E-state index is 11.7. The first kappa shape index (κ1) is 16.6. The van der Waals surface area contributed by atoms with Crippen molar-refractivity contribution in [3.8, 4) is 0 Å². The average Bonchev–Trinajstić information content (AvgIpc) is 2.94. The van der Waals surface area contributed by atoms with Crippen LogP contribution < -0.4 is 10.6 Å². The molecule has 3 atom stereocenters. The normalized spacial score (nSPS) is 30.6. The molecule has 0 aromatic heterocycles. The number of likely N-dealkylation sites (tertiary alicyclic amines) is 1. The molecule has 2 rings (SSSR count). The third-order valence-electron chi connectivity index (χ3n) is 4.41. The van der Waals surface area contributed by atoms with Crippen LogP contribution in [0.5, 0.6) is 0 Å². The monoisotopic (exact) mass is 297 g/mol. The van der Waals surface area contributed by atoms with Gasteiger partial charge in [-0.15, -0.1) is 0 Å². The molecule has 0 aromatic rings. The summed E-state index contributed by atoms with van der Waals surface area (Å²) in [6.45, 7) is 8.72. The Labute approximate surface area is 128 Å². The zero-order valence-corrected chi connectivity index (χ0v) is 13.9. The van der Waals surface area contributed by atoms with Crippen molar-refractivity contribution < 1.29 is 9.53 Å². The van der Waals surface area contributed by atoms with Crippen LogP contribution in [0.25, 0.3) is 0 Å². The molecule has 1 aliphatic carbocycles. The molecule has 1 amide bonds. The topological polar surface area (TPSA) is 53.6 Å². The third kappa shape index (κ3) is 5.47. The predicted molar refractivity (Wildman–Crippen MR) is 84.4 cm³/mol. The molecule has 1 saturated heterocycles. The minimum absolute atomic E-state index is 0.297. The van der Waals surface area contributed by atoms with Gasteiger partial charge in [0.15, 0.2) is 0 Å². The van der Waals surface area contributed by atoms with Gasteiger partial charge < -0.3 is 20.3 Å². The van der Waals surface area contributed by atoms with Crippen LogP contribution in [-0.2, 0) is 4.74 Å². The number of alkyl carbamates (subject to hydrolysis) is 1. The SMILES string of the molecule is CN1CCC(NC2CCCC2CNC(=O)OC(C)(C)C)C1. The van der Waals surface area contributed by atoms with Crippen LogP contribution in [-0.4, -0.2) is 55.4 Å². The van der Waals surface area contributed by atoms with E-state index in [1.807, 2.05) is 20.8 Å². The maximum Gasteiger partial charge on any atom is 0.407 e. The lowest BCUT2D eigenvalue weighted by Gasteiger charge is -2.26. The fourth-order valence-electron chi connectivity index (χ4n) is 3.40. The van der Waals surface area contributed by atoms with Crippen molar-refractivity contribution in [1.29, 1.82) is 0 Å². The van der Waals surface area contributed by atoms with Crippen LogP contribution in [0.4, 0.5) is 4.79 Å². The van der Waals surface area contributed by atoms with Gasteiger partial charge in [0.25, 0.3) is 0 Å². The molecule has 5 heteroatoms. The van der Waals surface area contributed by atoms with E-state index in [4.69, 9.17) is 4.74 Å². The van der Waals surface area contributed by atoms with Gasteiger partial charge in [0.1, 0.15) is 5.60 Å². The summed E-state index contributed by atoms with van der Waals surface area (Å²) < 4.78 is 5.30. The Morgan fingerprint density at radius 1 is 1.29 bits per heavy atom. The second-order valence-corrected chi connectivity index (χ2v) is 7.59. The van der Waals surface area contributed by atoms with E-state index in [2.05, 4.69) is 22.6 Å². The van der Waals surface area contributed by atoms with E-state index >= 15 is 0 Å². The third-order valence-corrected chi connectivity index (χ3v) is 4.41. The highest BCUT2D eigenvalue weighted by Gasteiger charge is 2.31. The maximum absolute atomic E-state index is 11.7. The van der Waals surface area contributed by atoms with Gasteiger partial charge in [-0.1, -0.05) is 6.42 Å². The van der Waals surface area contributed by atoms with Crippen molar-refractivity contribution in [2.24, 2.45) is 5.92 Å². The summed E-state index contributed by atoms with van der Waals surface area (Å²) in [5, 5.41) is 6.73. The average molecular weight is 297 g/mol. The number of nitrogens with zero attached hydrogens (tertiary/aromatic N) is 1. The first-order valence-corrected chi connectivity index (χ1v) is 8.25. The summed E-state index contributed by atoms with van der Waals surface area (Å²) in [5.74, 6) is 0.531. The zero-order chi connectivity index (χ0) is 15.5. The van der Waals surface area contributed by atoms with E-state index in [0.29, 0.717) is 18.0 Å². The van der Waals surface area contributed by atoms with Crippen molar-refractivity contribution in [3.63, 3.8) is 0 Å². The van der Waals surface area contributed by atoms with Crippen LogP contribution >= 0.6 is 0 Å². The standard InChI is InChI=1S/C16H31N3O2/c1-16(2,3)21-15(20)17-10-12-6-5-7-14(12)18-13-8-9-19(4)11-13/h12-14,18H,5-11H2,1-4H3,(H,17,20). The lowest BCUT2D eigenvalue weighted by molar-refractivity contribution is 0.0517. The van der Waals surface area contributed by atoms with Gasteiger partial charge in [0.2, 0.25) is 0 Å². The molecular formula is C16H31N3O2. The molecule has 0 radical (unpaired) electrons. The largest absolute Gasteiger partial charge is 0.444 e. The molecule has 2 N–H and O–H groups in total. The highest BCUT2D eigenvalue weighted by atomic mass is 16.6. The fourth-order valence-corrected chi connectivity index (χ4v) is 3.40. The summed E-state index contributed by atoms with van der Waals surface area (Å²) in [5.41, 5.74) is -0.425. The summed E-state index contributed by atoms with van der Waals surface area (Å²) in [4.78, 5) is 14.1. The molecule has 0 spiro atoms. The summed E-state index contributed by atoms with van der Waals surface area (Å²) >= 11 is 0.